The van der Waals surface area contributed by atoms with Crippen LogP contribution in [0.2, 0.25) is 0 Å². The first kappa shape index (κ1) is 12.3. The van der Waals surface area contributed by atoms with Crippen molar-refractivity contribution in [2.24, 2.45) is 0 Å². The molecule has 0 radical (unpaired) electrons. The summed E-state index contributed by atoms with van der Waals surface area (Å²) < 4.78 is 31.6. The molecule has 0 saturated heterocycles. The standard InChI is InChI=1S/C10H15N3O3S/c1-16-8-5-7(6-8)13-17(14,15)9-3-2-4-12-10(9)11/h2-4,7-8,13H,5-6H2,1H3,(H2,11,12). The molecule has 1 aromatic heterocycles. The summed E-state index contributed by atoms with van der Waals surface area (Å²) >= 11 is 0. The first-order chi connectivity index (χ1) is 8.03. The number of aromatic nitrogens is 1. The molecule has 2 rings (SSSR count). The minimum Gasteiger partial charge on any atom is -0.383 e. The van der Waals surface area contributed by atoms with Crippen LogP contribution in [0.1, 0.15) is 12.8 Å². The third-order valence-corrected chi connectivity index (χ3v) is 4.41. The molecular formula is C10H15N3O3S. The lowest BCUT2D eigenvalue weighted by Gasteiger charge is -2.34. The number of pyridine rings is 1. The van der Waals surface area contributed by atoms with Gasteiger partial charge in [0.25, 0.3) is 0 Å². The van der Waals surface area contributed by atoms with E-state index in [0.717, 1.165) is 0 Å². The smallest absolute Gasteiger partial charge is 0.244 e. The molecule has 1 aliphatic rings. The predicted molar refractivity (Wildman–Crippen MR) is 62.8 cm³/mol. The van der Waals surface area contributed by atoms with E-state index in [1.807, 2.05) is 0 Å². The van der Waals surface area contributed by atoms with Gasteiger partial charge >= 0.3 is 0 Å². The van der Waals surface area contributed by atoms with Crippen molar-refractivity contribution in [3.05, 3.63) is 18.3 Å². The van der Waals surface area contributed by atoms with Crippen molar-refractivity contribution in [3.63, 3.8) is 0 Å². The van der Waals surface area contributed by atoms with Crippen LogP contribution in [0.15, 0.2) is 23.2 Å². The maximum atomic E-state index is 12.0. The summed E-state index contributed by atoms with van der Waals surface area (Å²) in [6.07, 6.45) is 2.98. The van der Waals surface area contributed by atoms with Crippen molar-refractivity contribution >= 4 is 15.8 Å². The molecule has 0 spiro atoms. The van der Waals surface area contributed by atoms with E-state index in [9.17, 15) is 8.42 Å². The average Bonchev–Trinajstić information content (AvgIpc) is 2.23. The Kier molecular flexibility index (Phi) is 3.32. The normalized spacial score (nSPS) is 24.3. The Labute approximate surface area is 100 Å². The number of methoxy groups -OCH3 is 1. The first-order valence-electron chi connectivity index (χ1n) is 5.28. The third kappa shape index (κ3) is 2.56. The maximum absolute atomic E-state index is 12.0. The van der Waals surface area contributed by atoms with Gasteiger partial charge in [-0.05, 0) is 25.0 Å². The summed E-state index contributed by atoms with van der Waals surface area (Å²) in [6.45, 7) is 0. The molecule has 1 heterocycles. The molecule has 94 valence electrons. The van der Waals surface area contributed by atoms with E-state index < -0.39 is 10.0 Å². The topological polar surface area (TPSA) is 94.3 Å². The molecule has 1 aromatic rings. The van der Waals surface area contributed by atoms with Crippen LogP contribution >= 0.6 is 0 Å². The zero-order chi connectivity index (χ0) is 12.5. The molecule has 7 heteroatoms. The number of nitrogens with one attached hydrogen (secondary N) is 1. The summed E-state index contributed by atoms with van der Waals surface area (Å²) in [5.41, 5.74) is 5.54. The Morgan fingerprint density at radius 1 is 1.53 bits per heavy atom. The molecule has 1 fully saturated rings. The van der Waals surface area contributed by atoms with E-state index in [1.165, 1.54) is 12.3 Å². The predicted octanol–water partition coefficient (Wildman–Crippen LogP) is 0.119. The summed E-state index contributed by atoms with van der Waals surface area (Å²) in [5.74, 6) is 0.0163. The lowest BCUT2D eigenvalue weighted by Crippen LogP contribution is -2.47. The monoisotopic (exact) mass is 257 g/mol. The van der Waals surface area contributed by atoms with Crippen LogP contribution in [0, 0.1) is 0 Å². The number of ether oxygens (including phenoxy) is 1. The van der Waals surface area contributed by atoms with Gasteiger partial charge in [0.2, 0.25) is 10.0 Å². The van der Waals surface area contributed by atoms with Crippen LogP contribution in [0.5, 0.6) is 0 Å². The Morgan fingerprint density at radius 3 is 2.82 bits per heavy atom. The van der Waals surface area contributed by atoms with Gasteiger partial charge in [-0.2, -0.15) is 0 Å². The molecule has 0 atom stereocenters. The number of anilines is 1. The minimum absolute atomic E-state index is 0.0163. The number of rotatable bonds is 4. The van der Waals surface area contributed by atoms with Gasteiger partial charge < -0.3 is 10.5 Å². The number of hydrogen-bond donors (Lipinski definition) is 2. The Balaban J connectivity index is 2.08. The number of nitrogens with zero attached hydrogens (tertiary/aromatic N) is 1. The molecule has 6 nitrogen and oxygen atoms in total. The fourth-order valence-electron chi connectivity index (χ4n) is 1.77. The SMILES string of the molecule is COC1CC(NS(=O)(=O)c2cccnc2N)C1. The summed E-state index contributed by atoms with van der Waals surface area (Å²) in [7, 11) is -1.96. The molecule has 3 N–H and O–H groups in total. The number of nitrogens with two attached hydrogens (primary N) is 1. The van der Waals surface area contributed by atoms with Crippen molar-refractivity contribution in [2.45, 2.75) is 29.9 Å². The Morgan fingerprint density at radius 2 is 2.24 bits per heavy atom. The van der Waals surface area contributed by atoms with Gasteiger partial charge in [-0.3, -0.25) is 0 Å². The maximum Gasteiger partial charge on any atom is 0.244 e. The van der Waals surface area contributed by atoms with Crippen LogP contribution in [-0.2, 0) is 14.8 Å². The van der Waals surface area contributed by atoms with Crippen LogP contribution in [-0.4, -0.2) is 32.7 Å². The highest BCUT2D eigenvalue weighted by atomic mass is 32.2. The van der Waals surface area contributed by atoms with Gasteiger partial charge in [0.15, 0.2) is 0 Å². The molecule has 0 aromatic carbocycles. The zero-order valence-corrected chi connectivity index (χ0v) is 10.3. The fraction of sp³-hybridized carbons (Fsp3) is 0.500. The molecular weight excluding hydrogens is 242 g/mol. The lowest BCUT2D eigenvalue weighted by atomic mass is 9.90. The quantitative estimate of drug-likeness (QED) is 0.799. The fourth-order valence-corrected chi connectivity index (χ4v) is 3.11. The summed E-state index contributed by atoms with van der Waals surface area (Å²) in [4.78, 5) is 3.79. The molecule has 1 saturated carbocycles. The molecule has 0 bridgehead atoms. The second kappa shape index (κ2) is 4.59. The van der Waals surface area contributed by atoms with Crippen LogP contribution in [0.3, 0.4) is 0 Å². The van der Waals surface area contributed by atoms with Crippen molar-refractivity contribution < 1.29 is 13.2 Å². The third-order valence-electron chi connectivity index (χ3n) is 2.84. The highest BCUT2D eigenvalue weighted by Gasteiger charge is 2.33. The lowest BCUT2D eigenvalue weighted by molar-refractivity contribution is 0.0236. The van der Waals surface area contributed by atoms with E-state index in [-0.39, 0.29) is 22.9 Å². The molecule has 0 amide bonds. The number of sulfonamides is 1. The van der Waals surface area contributed by atoms with Crippen molar-refractivity contribution in [1.29, 1.82) is 0 Å². The second-order valence-corrected chi connectivity index (χ2v) is 5.72. The molecule has 0 aliphatic heterocycles. The van der Waals surface area contributed by atoms with Gasteiger partial charge in [0.05, 0.1) is 6.10 Å². The summed E-state index contributed by atoms with van der Waals surface area (Å²) in [5, 5.41) is 0. The van der Waals surface area contributed by atoms with Crippen LogP contribution in [0.25, 0.3) is 0 Å². The van der Waals surface area contributed by atoms with E-state index in [0.29, 0.717) is 12.8 Å². The molecule has 17 heavy (non-hydrogen) atoms. The van der Waals surface area contributed by atoms with Crippen LogP contribution < -0.4 is 10.5 Å². The zero-order valence-electron chi connectivity index (χ0n) is 9.46. The van der Waals surface area contributed by atoms with Gasteiger partial charge in [0, 0.05) is 19.3 Å². The van der Waals surface area contributed by atoms with E-state index in [1.54, 1.807) is 13.2 Å². The number of nitrogen functional groups attached to an aromatic ring is 1. The van der Waals surface area contributed by atoms with E-state index in [4.69, 9.17) is 10.5 Å². The molecule has 1 aliphatic carbocycles. The van der Waals surface area contributed by atoms with Gasteiger partial charge in [-0.1, -0.05) is 0 Å². The van der Waals surface area contributed by atoms with Crippen molar-refractivity contribution in [1.82, 2.24) is 9.71 Å². The van der Waals surface area contributed by atoms with Crippen molar-refractivity contribution in [3.8, 4) is 0 Å². The van der Waals surface area contributed by atoms with E-state index in [2.05, 4.69) is 9.71 Å². The first-order valence-corrected chi connectivity index (χ1v) is 6.77. The second-order valence-electron chi connectivity index (χ2n) is 4.03. The van der Waals surface area contributed by atoms with Crippen LogP contribution in [0.4, 0.5) is 5.82 Å². The number of hydrogen-bond acceptors (Lipinski definition) is 5. The molecule has 0 unspecified atom stereocenters. The highest BCUT2D eigenvalue weighted by Crippen LogP contribution is 2.25. The van der Waals surface area contributed by atoms with Gasteiger partial charge in [-0.15, -0.1) is 0 Å². The summed E-state index contributed by atoms with van der Waals surface area (Å²) in [6, 6.07) is 2.91. The Hall–Kier alpha value is -1.18. The van der Waals surface area contributed by atoms with Crippen molar-refractivity contribution in [2.75, 3.05) is 12.8 Å². The Bertz CT molecular complexity index is 497. The van der Waals surface area contributed by atoms with Gasteiger partial charge in [-0.25, -0.2) is 18.1 Å². The largest absolute Gasteiger partial charge is 0.383 e. The highest BCUT2D eigenvalue weighted by molar-refractivity contribution is 7.89. The van der Waals surface area contributed by atoms with E-state index >= 15 is 0 Å². The average molecular weight is 257 g/mol. The minimum atomic E-state index is -3.58. The van der Waals surface area contributed by atoms with Gasteiger partial charge in [0.1, 0.15) is 10.7 Å².